The molecule has 0 spiro atoms. The second-order valence-corrected chi connectivity index (χ2v) is 11.2. The molecule has 41 heavy (non-hydrogen) atoms. The van der Waals surface area contributed by atoms with E-state index in [4.69, 9.17) is 9.47 Å². The number of hydrogen-bond acceptors (Lipinski definition) is 7. The third kappa shape index (κ3) is 4.11. The zero-order valence-electron chi connectivity index (χ0n) is 21.6. The molecule has 0 N–H and O–H groups in total. The van der Waals surface area contributed by atoms with Crippen LogP contribution in [0, 0.1) is 11.8 Å². The minimum absolute atomic E-state index is 0.193. The Kier molecular flexibility index (Phi) is 6.12. The lowest BCUT2D eigenvalue weighted by Crippen LogP contribution is -2.46. The zero-order valence-corrected chi connectivity index (χ0v) is 23.2. The number of carbonyl (C=O) groups excluding carboxylic acids is 4. The average molecular weight is 611 g/mol. The second-order valence-electron chi connectivity index (χ2n) is 10.3. The molecule has 4 aliphatic heterocycles. The van der Waals surface area contributed by atoms with Gasteiger partial charge < -0.3 is 14.4 Å². The van der Waals surface area contributed by atoms with Crippen LogP contribution in [0.2, 0.25) is 0 Å². The first-order valence-electron chi connectivity index (χ1n) is 13.3. The molecule has 2 fully saturated rings. The summed E-state index contributed by atoms with van der Waals surface area (Å²) in [5.74, 6) is -2.15. The highest BCUT2D eigenvalue weighted by atomic mass is 79.9. The molecule has 0 saturated carbocycles. The van der Waals surface area contributed by atoms with E-state index in [0.29, 0.717) is 47.1 Å². The largest absolute Gasteiger partial charge is 0.486 e. The van der Waals surface area contributed by atoms with Crippen molar-refractivity contribution >= 4 is 45.0 Å². The van der Waals surface area contributed by atoms with Gasteiger partial charge in [0.25, 0.3) is 0 Å². The van der Waals surface area contributed by atoms with Crippen molar-refractivity contribution in [1.82, 2.24) is 4.90 Å². The third-order valence-corrected chi connectivity index (χ3v) is 8.56. The van der Waals surface area contributed by atoms with Crippen LogP contribution in [0.1, 0.15) is 20.7 Å². The van der Waals surface area contributed by atoms with Crippen LogP contribution in [0.15, 0.2) is 101 Å². The van der Waals surface area contributed by atoms with Crippen molar-refractivity contribution in [3.05, 3.63) is 112 Å². The summed E-state index contributed by atoms with van der Waals surface area (Å²) in [7, 11) is 0. The lowest BCUT2D eigenvalue weighted by Gasteiger charge is -2.33. The first-order chi connectivity index (χ1) is 19.9. The molecule has 4 aliphatic rings. The number of carbonyl (C=O) groups is 4. The van der Waals surface area contributed by atoms with Crippen LogP contribution in [0.5, 0.6) is 11.5 Å². The number of ketones is 2. The summed E-state index contributed by atoms with van der Waals surface area (Å²) in [4.78, 5) is 58.4. The van der Waals surface area contributed by atoms with Gasteiger partial charge in [0.1, 0.15) is 19.3 Å². The Morgan fingerprint density at radius 2 is 1.51 bits per heavy atom. The van der Waals surface area contributed by atoms with E-state index in [-0.39, 0.29) is 11.6 Å². The van der Waals surface area contributed by atoms with E-state index in [1.165, 1.54) is 0 Å². The smallest absolute Gasteiger partial charge is 0.240 e. The minimum atomic E-state index is -0.941. The molecule has 7 rings (SSSR count). The lowest BCUT2D eigenvalue weighted by atomic mass is 9.85. The van der Waals surface area contributed by atoms with Crippen molar-refractivity contribution in [1.29, 1.82) is 0 Å². The highest BCUT2D eigenvalue weighted by Crippen LogP contribution is 2.48. The van der Waals surface area contributed by atoms with E-state index in [0.717, 1.165) is 9.37 Å². The van der Waals surface area contributed by atoms with Gasteiger partial charge in [0.05, 0.1) is 23.6 Å². The standard InChI is InChI=1S/C32H23BrN2O6/c33-21-8-6-19(7-9-21)30(37)28-27-26(23-16-20(12-13-34(23)28)29(36)18-4-2-1-3-5-18)31(38)35(32(27)39)22-10-11-24-25(17-22)41-15-14-40-24/h1-13,16-17,23,26-28H,14-15H2/t23-,26-,27-,28+/m1/s1. The van der Waals surface area contributed by atoms with Crippen LogP contribution in [0.4, 0.5) is 5.69 Å². The van der Waals surface area contributed by atoms with Crippen molar-refractivity contribution < 1.29 is 28.7 Å². The molecule has 0 unspecified atom stereocenters. The number of nitrogens with zero attached hydrogens (tertiary/aromatic N) is 2. The number of allylic oxidation sites excluding steroid dienone is 2. The SMILES string of the molecule is O=C(C1=C[C@@H]2[C@H]3C(=O)N(c4ccc5c(c4)OCCO5)C(=O)[C@H]3[C@@H](C(=O)c3ccc(Br)cc3)N2C=C1)c1ccccc1. The Balaban J connectivity index is 1.30. The summed E-state index contributed by atoms with van der Waals surface area (Å²) in [6, 6.07) is 19.2. The first kappa shape index (κ1) is 25.5. The van der Waals surface area contributed by atoms with Gasteiger partial charge in [-0.25, -0.2) is 4.90 Å². The molecule has 9 heteroatoms. The van der Waals surface area contributed by atoms with Crippen LogP contribution >= 0.6 is 15.9 Å². The Bertz CT molecular complexity index is 1670. The minimum Gasteiger partial charge on any atom is -0.486 e. The van der Waals surface area contributed by atoms with Crippen molar-refractivity contribution in [3.63, 3.8) is 0 Å². The molecule has 0 bridgehead atoms. The Morgan fingerprint density at radius 3 is 2.27 bits per heavy atom. The van der Waals surface area contributed by atoms with E-state index >= 15 is 0 Å². The average Bonchev–Trinajstić information content (AvgIpc) is 3.48. The number of imide groups is 1. The number of amides is 2. The van der Waals surface area contributed by atoms with Crippen LogP contribution in [0.25, 0.3) is 0 Å². The molecule has 204 valence electrons. The predicted octanol–water partition coefficient (Wildman–Crippen LogP) is 4.60. The van der Waals surface area contributed by atoms with Crippen molar-refractivity contribution in [2.45, 2.75) is 12.1 Å². The monoisotopic (exact) mass is 610 g/mol. The Labute approximate surface area is 244 Å². The van der Waals surface area contributed by atoms with Crippen LogP contribution in [0.3, 0.4) is 0 Å². The fraction of sp³-hybridized carbons (Fsp3) is 0.188. The van der Waals surface area contributed by atoms with Gasteiger partial charge in [-0.15, -0.1) is 0 Å². The van der Waals surface area contributed by atoms with Crippen molar-refractivity contribution in [2.24, 2.45) is 11.8 Å². The fourth-order valence-corrected chi connectivity index (χ4v) is 6.43. The highest BCUT2D eigenvalue weighted by molar-refractivity contribution is 9.10. The quantitative estimate of drug-likeness (QED) is 0.308. The number of Topliss-reactive ketones (excluding diaryl/α,β-unsaturated/α-hetero) is 2. The lowest BCUT2D eigenvalue weighted by molar-refractivity contribution is -0.123. The molecule has 0 aromatic heterocycles. The molecule has 3 aromatic carbocycles. The summed E-state index contributed by atoms with van der Waals surface area (Å²) < 4.78 is 12.1. The molecule has 2 amide bonds. The molecule has 4 heterocycles. The second kappa shape index (κ2) is 9.85. The highest BCUT2D eigenvalue weighted by Gasteiger charge is 2.63. The summed E-state index contributed by atoms with van der Waals surface area (Å²) in [5.41, 5.74) is 1.71. The summed E-state index contributed by atoms with van der Waals surface area (Å²) >= 11 is 3.40. The summed E-state index contributed by atoms with van der Waals surface area (Å²) in [6.07, 6.45) is 5.05. The van der Waals surface area contributed by atoms with Crippen LogP contribution in [-0.4, -0.2) is 53.6 Å². The van der Waals surface area contributed by atoms with Crippen molar-refractivity contribution in [2.75, 3.05) is 18.1 Å². The van der Waals surface area contributed by atoms with Gasteiger partial charge in [-0.2, -0.15) is 0 Å². The molecule has 2 saturated heterocycles. The number of ether oxygens (including phenoxy) is 2. The first-order valence-corrected chi connectivity index (χ1v) is 14.1. The molecular formula is C32H23BrN2O6. The number of benzene rings is 3. The fourth-order valence-electron chi connectivity index (χ4n) is 6.16. The maximum atomic E-state index is 14.1. The maximum Gasteiger partial charge on any atom is 0.240 e. The predicted molar refractivity (Wildman–Crippen MR) is 153 cm³/mol. The normalized spacial score (nSPS) is 24.2. The van der Waals surface area contributed by atoms with Gasteiger partial charge in [-0.3, -0.25) is 19.2 Å². The van der Waals surface area contributed by atoms with Gasteiger partial charge in [-0.05, 0) is 30.3 Å². The van der Waals surface area contributed by atoms with E-state index < -0.39 is 35.7 Å². The van der Waals surface area contributed by atoms with Gasteiger partial charge in [0, 0.05) is 33.4 Å². The van der Waals surface area contributed by atoms with E-state index in [1.54, 1.807) is 90.0 Å². The topological polar surface area (TPSA) is 93.2 Å². The zero-order chi connectivity index (χ0) is 28.2. The van der Waals surface area contributed by atoms with Gasteiger partial charge in [0.2, 0.25) is 11.8 Å². The molecule has 4 atom stereocenters. The summed E-state index contributed by atoms with van der Waals surface area (Å²) in [5, 5.41) is 0. The Morgan fingerprint density at radius 1 is 0.805 bits per heavy atom. The number of hydrogen-bond donors (Lipinski definition) is 0. The maximum absolute atomic E-state index is 14.1. The van der Waals surface area contributed by atoms with Crippen LogP contribution in [-0.2, 0) is 9.59 Å². The summed E-state index contributed by atoms with van der Waals surface area (Å²) in [6.45, 7) is 0.777. The van der Waals surface area contributed by atoms with E-state index in [9.17, 15) is 19.2 Å². The number of anilines is 1. The molecule has 0 radical (unpaired) electrons. The molecule has 0 aliphatic carbocycles. The molecule has 8 nitrogen and oxygen atoms in total. The van der Waals surface area contributed by atoms with Crippen LogP contribution < -0.4 is 14.4 Å². The molecule has 3 aromatic rings. The Hall–Kier alpha value is -4.50. The molecular weight excluding hydrogens is 588 g/mol. The third-order valence-electron chi connectivity index (χ3n) is 8.03. The number of halogens is 1. The number of rotatable bonds is 5. The van der Waals surface area contributed by atoms with E-state index in [2.05, 4.69) is 15.9 Å². The van der Waals surface area contributed by atoms with Crippen molar-refractivity contribution in [3.8, 4) is 11.5 Å². The van der Waals surface area contributed by atoms with Gasteiger partial charge in [0.15, 0.2) is 23.1 Å². The van der Waals surface area contributed by atoms with E-state index in [1.807, 2.05) is 6.07 Å². The van der Waals surface area contributed by atoms with Gasteiger partial charge in [-0.1, -0.05) is 64.5 Å². The van der Waals surface area contributed by atoms with Gasteiger partial charge >= 0.3 is 0 Å². The number of fused-ring (bicyclic) bond motifs is 4.